The number of nitrogens with zero attached hydrogens (tertiary/aromatic N) is 1. The lowest BCUT2D eigenvalue weighted by atomic mass is 9.95. The van der Waals surface area contributed by atoms with Crippen LogP contribution in [0.15, 0.2) is 162 Å². The summed E-state index contributed by atoms with van der Waals surface area (Å²) < 4.78 is 6.65. The number of para-hydroxylation sites is 1. The molecule has 0 aliphatic heterocycles. The standard InChI is InChI=1S/C43H33NO/c1-29(2)34-24-14-26-41-42(34)38-28-40(36-22-9-10-23-37(36)43(38)45-41)44(33-20-13-19-32(27-33)30-15-5-3-6-16-30)39-25-12-11-21-35(39)31-17-7-4-8-18-31/h3-29H,1-2H3. The number of hydrogen-bond acceptors (Lipinski definition) is 2. The largest absolute Gasteiger partial charge is 0.455 e. The Hall–Kier alpha value is -5.60. The first-order valence-corrected chi connectivity index (χ1v) is 15.6. The van der Waals surface area contributed by atoms with Crippen molar-refractivity contribution in [3.63, 3.8) is 0 Å². The van der Waals surface area contributed by atoms with Gasteiger partial charge < -0.3 is 9.32 Å². The van der Waals surface area contributed by atoms with Gasteiger partial charge in [0.1, 0.15) is 11.2 Å². The molecule has 2 heteroatoms. The highest BCUT2D eigenvalue weighted by atomic mass is 16.3. The Morgan fingerprint density at radius 3 is 1.91 bits per heavy atom. The Labute approximate surface area is 263 Å². The molecule has 2 nitrogen and oxygen atoms in total. The highest BCUT2D eigenvalue weighted by Crippen LogP contribution is 2.48. The molecule has 0 saturated heterocycles. The van der Waals surface area contributed by atoms with Crippen LogP contribution in [0.1, 0.15) is 25.3 Å². The van der Waals surface area contributed by atoms with E-state index in [0.29, 0.717) is 5.92 Å². The van der Waals surface area contributed by atoms with Crippen molar-refractivity contribution in [3.8, 4) is 22.3 Å². The van der Waals surface area contributed by atoms with Crippen molar-refractivity contribution in [1.29, 1.82) is 0 Å². The lowest BCUT2D eigenvalue weighted by molar-refractivity contribution is 0.672. The van der Waals surface area contributed by atoms with Crippen LogP contribution in [-0.2, 0) is 0 Å². The van der Waals surface area contributed by atoms with Gasteiger partial charge >= 0.3 is 0 Å². The summed E-state index contributed by atoms with van der Waals surface area (Å²) in [6.07, 6.45) is 0. The van der Waals surface area contributed by atoms with Crippen LogP contribution in [0.3, 0.4) is 0 Å². The molecule has 0 N–H and O–H groups in total. The fourth-order valence-corrected chi connectivity index (χ4v) is 6.72. The number of furan rings is 1. The smallest absolute Gasteiger partial charge is 0.143 e. The Morgan fingerprint density at radius 1 is 0.489 bits per heavy atom. The zero-order valence-corrected chi connectivity index (χ0v) is 25.4. The summed E-state index contributed by atoms with van der Waals surface area (Å²) in [6.45, 7) is 4.51. The number of hydrogen-bond donors (Lipinski definition) is 0. The summed E-state index contributed by atoms with van der Waals surface area (Å²) in [5.41, 5.74) is 11.2. The minimum atomic E-state index is 0.363. The molecule has 0 fully saturated rings. The summed E-state index contributed by atoms with van der Waals surface area (Å²) in [4.78, 5) is 2.44. The number of benzene rings is 7. The maximum absolute atomic E-state index is 6.65. The number of rotatable bonds is 6. The maximum Gasteiger partial charge on any atom is 0.143 e. The minimum Gasteiger partial charge on any atom is -0.455 e. The second-order valence-corrected chi connectivity index (χ2v) is 11.9. The van der Waals surface area contributed by atoms with Gasteiger partial charge in [0, 0.05) is 32.8 Å². The quantitative estimate of drug-likeness (QED) is 0.195. The van der Waals surface area contributed by atoms with Crippen molar-refractivity contribution in [1.82, 2.24) is 0 Å². The minimum absolute atomic E-state index is 0.363. The SMILES string of the molecule is CC(C)c1cccc2oc3c4ccccc4c(N(c4cccc(-c5ccccc5)c4)c4ccccc4-c4ccccc4)cc3c12. The first-order valence-electron chi connectivity index (χ1n) is 15.6. The van der Waals surface area contributed by atoms with E-state index >= 15 is 0 Å². The maximum atomic E-state index is 6.65. The van der Waals surface area contributed by atoms with E-state index in [0.717, 1.165) is 44.4 Å². The van der Waals surface area contributed by atoms with Crippen LogP contribution in [0.4, 0.5) is 17.1 Å². The second-order valence-electron chi connectivity index (χ2n) is 11.9. The average molecular weight is 580 g/mol. The van der Waals surface area contributed by atoms with Crippen molar-refractivity contribution < 1.29 is 4.42 Å². The van der Waals surface area contributed by atoms with E-state index in [1.54, 1.807) is 0 Å². The van der Waals surface area contributed by atoms with E-state index in [4.69, 9.17) is 4.42 Å². The predicted molar refractivity (Wildman–Crippen MR) is 191 cm³/mol. The molecule has 0 unspecified atom stereocenters. The molecule has 7 aromatic carbocycles. The van der Waals surface area contributed by atoms with Crippen LogP contribution >= 0.6 is 0 Å². The van der Waals surface area contributed by atoms with Crippen molar-refractivity contribution in [2.75, 3.05) is 4.90 Å². The zero-order chi connectivity index (χ0) is 30.3. The lowest BCUT2D eigenvalue weighted by Gasteiger charge is -2.29. The summed E-state index contributed by atoms with van der Waals surface area (Å²) in [7, 11) is 0. The molecule has 8 aromatic rings. The molecule has 1 heterocycles. The molecule has 0 spiro atoms. The summed E-state index contributed by atoms with van der Waals surface area (Å²) in [6, 6.07) is 56.4. The van der Waals surface area contributed by atoms with Crippen molar-refractivity contribution in [2.45, 2.75) is 19.8 Å². The van der Waals surface area contributed by atoms with Gasteiger partial charge in [0.15, 0.2) is 0 Å². The normalized spacial score (nSPS) is 11.5. The Kier molecular flexibility index (Phi) is 6.69. The van der Waals surface area contributed by atoms with Gasteiger partial charge in [-0.3, -0.25) is 0 Å². The summed E-state index contributed by atoms with van der Waals surface area (Å²) in [5.74, 6) is 0.363. The van der Waals surface area contributed by atoms with Gasteiger partial charge in [0.05, 0.1) is 11.4 Å². The van der Waals surface area contributed by atoms with Crippen LogP contribution in [0.2, 0.25) is 0 Å². The van der Waals surface area contributed by atoms with Gasteiger partial charge in [-0.15, -0.1) is 0 Å². The van der Waals surface area contributed by atoms with Gasteiger partial charge in [-0.25, -0.2) is 0 Å². The summed E-state index contributed by atoms with van der Waals surface area (Å²) >= 11 is 0. The van der Waals surface area contributed by atoms with E-state index in [1.807, 2.05) is 0 Å². The average Bonchev–Trinajstić information content (AvgIpc) is 3.49. The van der Waals surface area contributed by atoms with Crippen molar-refractivity contribution in [2.24, 2.45) is 0 Å². The van der Waals surface area contributed by atoms with Crippen LogP contribution in [0.25, 0.3) is 55.0 Å². The van der Waals surface area contributed by atoms with E-state index < -0.39 is 0 Å². The van der Waals surface area contributed by atoms with E-state index in [1.165, 1.54) is 33.2 Å². The van der Waals surface area contributed by atoms with Gasteiger partial charge in [0.2, 0.25) is 0 Å². The molecular formula is C43H33NO. The molecule has 0 aliphatic carbocycles. The van der Waals surface area contributed by atoms with Crippen molar-refractivity contribution in [3.05, 3.63) is 163 Å². The van der Waals surface area contributed by atoms with Crippen LogP contribution in [0.5, 0.6) is 0 Å². The number of anilines is 3. The molecule has 1 aromatic heterocycles. The Morgan fingerprint density at radius 2 is 1.13 bits per heavy atom. The van der Waals surface area contributed by atoms with Gasteiger partial charge in [-0.2, -0.15) is 0 Å². The third-order valence-corrected chi connectivity index (χ3v) is 8.82. The first kappa shape index (κ1) is 27.0. The lowest BCUT2D eigenvalue weighted by Crippen LogP contribution is -2.12. The van der Waals surface area contributed by atoms with Crippen LogP contribution < -0.4 is 4.90 Å². The van der Waals surface area contributed by atoms with E-state index in [9.17, 15) is 0 Å². The molecule has 0 bridgehead atoms. The topological polar surface area (TPSA) is 16.4 Å². The number of fused-ring (bicyclic) bond motifs is 5. The Balaban J connectivity index is 1.48. The van der Waals surface area contributed by atoms with E-state index in [2.05, 4.69) is 176 Å². The second kappa shape index (κ2) is 11.2. The highest BCUT2D eigenvalue weighted by molar-refractivity contribution is 6.20. The van der Waals surface area contributed by atoms with Gasteiger partial charge in [0.25, 0.3) is 0 Å². The van der Waals surface area contributed by atoms with Crippen molar-refractivity contribution >= 4 is 49.8 Å². The monoisotopic (exact) mass is 579 g/mol. The molecule has 216 valence electrons. The fourth-order valence-electron chi connectivity index (χ4n) is 6.72. The van der Waals surface area contributed by atoms with Crippen LogP contribution in [0, 0.1) is 0 Å². The zero-order valence-electron chi connectivity index (χ0n) is 25.4. The molecule has 0 atom stereocenters. The summed E-state index contributed by atoms with van der Waals surface area (Å²) in [5, 5.41) is 4.59. The molecule has 0 amide bonds. The molecule has 0 saturated carbocycles. The Bertz CT molecular complexity index is 2300. The van der Waals surface area contributed by atoms with Gasteiger partial charge in [-0.05, 0) is 58.5 Å². The molecule has 45 heavy (non-hydrogen) atoms. The van der Waals surface area contributed by atoms with Crippen LogP contribution in [-0.4, -0.2) is 0 Å². The molecular weight excluding hydrogens is 546 g/mol. The molecule has 0 radical (unpaired) electrons. The van der Waals surface area contributed by atoms with Gasteiger partial charge in [-0.1, -0.05) is 141 Å². The fraction of sp³-hybridized carbons (Fsp3) is 0.0698. The molecule has 0 aliphatic rings. The first-order chi connectivity index (χ1) is 22.2. The third kappa shape index (κ3) is 4.67. The highest BCUT2D eigenvalue weighted by Gasteiger charge is 2.23. The molecule has 8 rings (SSSR count). The van der Waals surface area contributed by atoms with E-state index in [-0.39, 0.29) is 0 Å². The predicted octanol–water partition coefficient (Wildman–Crippen LogP) is 12.7. The third-order valence-electron chi connectivity index (χ3n) is 8.82.